The molecule has 0 aromatic heterocycles. The SMILES string of the molecule is Br.Cc1ccc(NCC2=CC=CN(C)C2)cc1O. The minimum Gasteiger partial charge on any atom is -0.508 e. The molecule has 0 atom stereocenters. The van der Waals surface area contributed by atoms with Crippen molar-refractivity contribution < 1.29 is 5.11 Å². The van der Waals surface area contributed by atoms with Crippen LogP contribution < -0.4 is 5.32 Å². The van der Waals surface area contributed by atoms with Crippen LogP contribution in [-0.2, 0) is 0 Å². The zero-order valence-corrected chi connectivity index (χ0v) is 12.4. The smallest absolute Gasteiger partial charge is 0.120 e. The summed E-state index contributed by atoms with van der Waals surface area (Å²) < 4.78 is 0. The van der Waals surface area contributed by atoms with E-state index >= 15 is 0 Å². The van der Waals surface area contributed by atoms with Crippen LogP contribution in [-0.4, -0.2) is 30.1 Å². The minimum absolute atomic E-state index is 0. The first-order valence-electron chi connectivity index (χ1n) is 5.75. The Morgan fingerprint density at radius 1 is 1.39 bits per heavy atom. The van der Waals surface area contributed by atoms with Crippen LogP contribution in [0.1, 0.15) is 5.56 Å². The van der Waals surface area contributed by atoms with Gasteiger partial charge in [-0.2, -0.15) is 0 Å². The van der Waals surface area contributed by atoms with Gasteiger partial charge >= 0.3 is 0 Å². The number of nitrogens with one attached hydrogen (secondary N) is 1. The fourth-order valence-corrected chi connectivity index (χ4v) is 1.80. The van der Waals surface area contributed by atoms with Gasteiger partial charge in [0.1, 0.15) is 5.75 Å². The Labute approximate surface area is 119 Å². The molecule has 0 saturated heterocycles. The summed E-state index contributed by atoms with van der Waals surface area (Å²) in [5.74, 6) is 0.338. The second-order valence-electron chi connectivity index (χ2n) is 4.44. The molecule has 1 aliphatic rings. The summed E-state index contributed by atoms with van der Waals surface area (Å²) in [6.07, 6.45) is 6.23. The zero-order chi connectivity index (χ0) is 12.3. The third-order valence-corrected chi connectivity index (χ3v) is 2.85. The molecule has 1 aromatic carbocycles. The van der Waals surface area contributed by atoms with Crippen LogP contribution in [0.5, 0.6) is 5.75 Å². The second-order valence-corrected chi connectivity index (χ2v) is 4.44. The zero-order valence-electron chi connectivity index (χ0n) is 10.7. The highest BCUT2D eigenvalue weighted by Crippen LogP contribution is 2.21. The largest absolute Gasteiger partial charge is 0.508 e. The Bertz CT molecular complexity index is 469. The predicted octanol–water partition coefficient (Wildman–Crippen LogP) is 3.08. The van der Waals surface area contributed by atoms with Crippen molar-refractivity contribution in [3.63, 3.8) is 0 Å². The molecule has 0 bridgehead atoms. The van der Waals surface area contributed by atoms with Gasteiger partial charge in [0.15, 0.2) is 0 Å². The monoisotopic (exact) mass is 310 g/mol. The maximum Gasteiger partial charge on any atom is 0.120 e. The van der Waals surface area contributed by atoms with E-state index in [2.05, 4.69) is 29.5 Å². The first-order chi connectivity index (χ1) is 8.15. The molecule has 2 rings (SSSR count). The molecule has 0 fully saturated rings. The number of allylic oxidation sites excluding steroid dienone is 2. The number of nitrogens with zero attached hydrogens (tertiary/aromatic N) is 1. The van der Waals surface area contributed by atoms with Crippen molar-refractivity contribution in [2.24, 2.45) is 0 Å². The van der Waals surface area contributed by atoms with Crippen molar-refractivity contribution in [1.82, 2.24) is 4.90 Å². The van der Waals surface area contributed by atoms with Crippen LogP contribution in [0, 0.1) is 6.92 Å². The van der Waals surface area contributed by atoms with Crippen LogP contribution in [0.25, 0.3) is 0 Å². The third-order valence-electron chi connectivity index (χ3n) is 2.85. The van der Waals surface area contributed by atoms with E-state index in [1.54, 1.807) is 6.07 Å². The summed E-state index contributed by atoms with van der Waals surface area (Å²) in [4.78, 5) is 2.14. The molecule has 1 aromatic rings. The molecule has 0 unspecified atom stereocenters. The number of halogens is 1. The number of aromatic hydroxyl groups is 1. The molecule has 0 spiro atoms. The van der Waals surface area contributed by atoms with E-state index < -0.39 is 0 Å². The highest BCUT2D eigenvalue weighted by molar-refractivity contribution is 8.93. The summed E-state index contributed by atoms with van der Waals surface area (Å²) in [5, 5.41) is 12.9. The van der Waals surface area contributed by atoms with Crippen molar-refractivity contribution in [2.75, 3.05) is 25.5 Å². The predicted molar refractivity (Wildman–Crippen MR) is 81.5 cm³/mol. The van der Waals surface area contributed by atoms with E-state index in [4.69, 9.17) is 0 Å². The van der Waals surface area contributed by atoms with E-state index in [0.717, 1.165) is 24.3 Å². The molecule has 4 heteroatoms. The van der Waals surface area contributed by atoms with E-state index in [1.165, 1.54) is 5.57 Å². The molecular formula is C14H19BrN2O. The van der Waals surface area contributed by atoms with Gasteiger partial charge in [0.2, 0.25) is 0 Å². The van der Waals surface area contributed by atoms with E-state index in [0.29, 0.717) is 5.75 Å². The molecule has 0 radical (unpaired) electrons. The molecule has 18 heavy (non-hydrogen) atoms. The van der Waals surface area contributed by atoms with E-state index in [1.807, 2.05) is 25.1 Å². The van der Waals surface area contributed by atoms with Crippen LogP contribution >= 0.6 is 17.0 Å². The maximum absolute atomic E-state index is 9.61. The van der Waals surface area contributed by atoms with Gasteiger partial charge in [-0.1, -0.05) is 12.1 Å². The minimum atomic E-state index is 0. The Kier molecular flexibility index (Phi) is 5.28. The fourth-order valence-electron chi connectivity index (χ4n) is 1.80. The molecule has 1 heterocycles. The van der Waals surface area contributed by atoms with E-state index in [9.17, 15) is 5.11 Å². The first-order valence-corrected chi connectivity index (χ1v) is 5.75. The lowest BCUT2D eigenvalue weighted by Crippen LogP contribution is -2.21. The number of likely N-dealkylation sites (N-methyl/N-ethyl adjacent to an activating group) is 1. The molecule has 1 aliphatic heterocycles. The number of anilines is 1. The fraction of sp³-hybridized carbons (Fsp3) is 0.286. The van der Waals surface area contributed by atoms with Crippen molar-refractivity contribution in [3.8, 4) is 5.75 Å². The number of hydrogen-bond acceptors (Lipinski definition) is 3. The van der Waals surface area contributed by atoms with Crippen LogP contribution in [0.15, 0.2) is 42.1 Å². The Morgan fingerprint density at radius 3 is 2.83 bits per heavy atom. The summed E-state index contributed by atoms with van der Waals surface area (Å²) in [6.45, 7) is 3.64. The number of benzene rings is 1. The molecule has 0 aliphatic carbocycles. The van der Waals surface area contributed by atoms with E-state index in [-0.39, 0.29) is 17.0 Å². The molecule has 0 saturated carbocycles. The highest BCUT2D eigenvalue weighted by atomic mass is 79.9. The van der Waals surface area contributed by atoms with Crippen LogP contribution in [0.2, 0.25) is 0 Å². The van der Waals surface area contributed by atoms with Crippen molar-refractivity contribution >= 4 is 22.7 Å². The van der Waals surface area contributed by atoms with Gasteiger partial charge in [0.25, 0.3) is 0 Å². The molecule has 2 N–H and O–H groups in total. The topological polar surface area (TPSA) is 35.5 Å². The van der Waals surface area contributed by atoms with Gasteiger partial charge in [0.05, 0.1) is 0 Å². The average Bonchev–Trinajstić information content (AvgIpc) is 2.31. The van der Waals surface area contributed by atoms with Crippen molar-refractivity contribution in [3.05, 3.63) is 47.7 Å². The van der Waals surface area contributed by atoms with Gasteiger partial charge in [-0.15, -0.1) is 17.0 Å². The molecule has 0 amide bonds. The lowest BCUT2D eigenvalue weighted by atomic mass is 10.1. The number of aryl methyl sites for hydroxylation is 1. The first kappa shape index (κ1) is 14.6. The Hall–Kier alpha value is -1.42. The summed E-state index contributed by atoms with van der Waals surface area (Å²) in [6, 6.07) is 5.66. The van der Waals surface area contributed by atoms with Crippen molar-refractivity contribution in [2.45, 2.75) is 6.92 Å². The van der Waals surface area contributed by atoms with Gasteiger partial charge in [-0.3, -0.25) is 0 Å². The van der Waals surface area contributed by atoms with Gasteiger partial charge in [-0.25, -0.2) is 0 Å². The van der Waals surface area contributed by atoms with Gasteiger partial charge in [0, 0.05) is 31.9 Å². The average molecular weight is 311 g/mol. The standard InChI is InChI=1S/C14H18N2O.BrH/c1-11-5-6-13(8-14(11)17)15-9-12-4-3-7-16(2)10-12;/h3-8,15,17H,9-10H2,1-2H3;1H. The summed E-state index contributed by atoms with van der Waals surface area (Å²) >= 11 is 0. The molecule has 98 valence electrons. The van der Waals surface area contributed by atoms with Gasteiger partial charge in [-0.05, 0) is 36.4 Å². The quantitative estimate of drug-likeness (QED) is 0.900. The lowest BCUT2D eigenvalue weighted by molar-refractivity contribution is 0.471. The lowest BCUT2D eigenvalue weighted by Gasteiger charge is -2.20. The van der Waals surface area contributed by atoms with Crippen LogP contribution in [0.4, 0.5) is 5.69 Å². The number of phenolic OH excluding ortho intramolecular Hbond substituents is 1. The normalized spacial score (nSPS) is 13.9. The highest BCUT2D eigenvalue weighted by Gasteiger charge is 2.04. The second kappa shape index (κ2) is 6.50. The maximum atomic E-state index is 9.61. The molecule has 3 nitrogen and oxygen atoms in total. The van der Waals surface area contributed by atoms with Crippen molar-refractivity contribution in [1.29, 1.82) is 0 Å². The summed E-state index contributed by atoms with van der Waals surface area (Å²) in [7, 11) is 2.06. The summed E-state index contributed by atoms with van der Waals surface area (Å²) in [5.41, 5.74) is 3.18. The number of hydrogen-bond donors (Lipinski definition) is 2. The molecular weight excluding hydrogens is 292 g/mol. The van der Waals surface area contributed by atoms with Gasteiger partial charge < -0.3 is 15.3 Å². The number of phenols is 1. The Balaban J connectivity index is 0.00000162. The van der Waals surface area contributed by atoms with Crippen LogP contribution in [0.3, 0.4) is 0 Å². The third kappa shape index (κ3) is 3.81. The number of rotatable bonds is 3. The Morgan fingerprint density at radius 2 is 2.17 bits per heavy atom.